The second-order valence-electron chi connectivity index (χ2n) is 13.9. The number of imidazole rings is 1. The van der Waals surface area contributed by atoms with Crippen molar-refractivity contribution in [3.05, 3.63) is 48.0 Å². The normalized spacial score (nSPS) is 14.7. The van der Waals surface area contributed by atoms with Gasteiger partial charge in [-0.25, -0.2) is 9.78 Å². The number of amides is 5. The van der Waals surface area contributed by atoms with E-state index in [0.717, 1.165) is 0 Å². The number of aliphatic carboxylic acids is 2. The summed E-state index contributed by atoms with van der Waals surface area (Å²) in [5.74, 6) is -8.10. The number of carbonyl (C=O) groups excluding carboxylic acids is 5. The fraction of sp³-hybridized carbons (Fsp3) is 0.528. The van der Waals surface area contributed by atoms with Crippen LogP contribution in [0.3, 0.4) is 0 Å². The lowest BCUT2D eigenvalue weighted by Gasteiger charge is -2.30. The molecule has 1 aromatic heterocycles. The molecule has 7 atom stereocenters. The van der Waals surface area contributed by atoms with Crippen LogP contribution in [0.5, 0.6) is 5.75 Å². The van der Waals surface area contributed by atoms with Gasteiger partial charge in [0.2, 0.25) is 29.5 Å². The number of nitrogens with one attached hydrogen (secondary N) is 6. The maximum Gasteiger partial charge on any atom is 0.326 e. The molecule has 5 amide bonds. The van der Waals surface area contributed by atoms with Crippen molar-refractivity contribution in [2.75, 3.05) is 6.54 Å². The molecule has 21 nitrogen and oxygen atoms in total. The third-order valence-electron chi connectivity index (χ3n) is 8.95. The summed E-state index contributed by atoms with van der Waals surface area (Å²) in [6, 6.07) is -2.20. The summed E-state index contributed by atoms with van der Waals surface area (Å²) in [7, 11) is 0. The predicted molar refractivity (Wildman–Crippen MR) is 206 cm³/mol. The van der Waals surface area contributed by atoms with Crippen molar-refractivity contribution < 1.29 is 48.9 Å². The number of phenols is 1. The van der Waals surface area contributed by atoms with Crippen LogP contribution in [0.1, 0.15) is 64.6 Å². The molecular formula is C36H55N11O10. The van der Waals surface area contributed by atoms with Crippen molar-refractivity contribution in [2.24, 2.45) is 34.0 Å². The topological polar surface area (TPSA) is 359 Å². The molecule has 0 aliphatic rings. The van der Waals surface area contributed by atoms with Gasteiger partial charge < -0.3 is 64.1 Å². The fourth-order valence-electron chi connectivity index (χ4n) is 5.49. The quantitative estimate of drug-likeness (QED) is 0.0310. The molecule has 2 aromatic rings. The van der Waals surface area contributed by atoms with E-state index in [-0.39, 0.29) is 43.9 Å². The highest BCUT2D eigenvalue weighted by molar-refractivity contribution is 5.97. The molecule has 0 aliphatic carbocycles. The molecule has 1 aromatic carbocycles. The molecule has 0 saturated heterocycles. The van der Waals surface area contributed by atoms with Gasteiger partial charge in [0.25, 0.3) is 0 Å². The fourth-order valence-corrected chi connectivity index (χ4v) is 5.49. The Morgan fingerprint density at radius 1 is 0.789 bits per heavy atom. The summed E-state index contributed by atoms with van der Waals surface area (Å²) in [6.07, 6.45) is 2.40. The summed E-state index contributed by atoms with van der Waals surface area (Å²) in [5.41, 5.74) is 17.4. The smallest absolute Gasteiger partial charge is 0.326 e. The Morgan fingerprint density at radius 2 is 1.37 bits per heavy atom. The van der Waals surface area contributed by atoms with E-state index in [1.54, 1.807) is 27.7 Å². The summed E-state index contributed by atoms with van der Waals surface area (Å²) in [5, 5.41) is 41.6. The van der Waals surface area contributed by atoms with E-state index in [4.69, 9.17) is 22.3 Å². The number of H-pyrrole nitrogens is 1. The van der Waals surface area contributed by atoms with E-state index < -0.39 is 96.0 Å². The van der Waals surface area contributed by atoms with Crippen LogP contribution in [0.15, 0.2) is 41.8 Å². The van der Waals surface area contributed by atoms with Crippen molar-refractivity contribution >= 4 is 47.4 Å². The second kappa shape index (κ2) is 23.0. The van der Waals surface area contributed by atoms with E-state index >= 15 is 0 Å². The Kier molecular flexibility index (Phi) is 18.9. The van der Waals surface area contributed by atoms with E-state index in [1.807, 2.05) is 0 Å². The molecule has 0 unspecified atom stereocenters. The van der Waals surface area contributed by atoms with E-state index in [1.165, 1.54) is 36.8 Å². The third kappa shape index (κ3) is 16.2. The molecule has 2 rings (SSSR count). The van der Waals surface area contributed by atoms with Crippen molar-refractivity contribution in [3.8, 4) is 5.75 Å². The SMILES string of the molecule is CC[C@@H](C)[C@H](NC(=O)[C@@H](Cc1ccc(O)cc1)NC(=O)[C@H](NC(=O)[C@@H](CCCN=C(N)N)NC(=O)[C@H](N)CC(=O)O)C(C)C)C(=O)N[C@@H](Cc1cnc[nH]1)C(=O)O. The summed E-state index contributed by atoms with van der Waals surface area (Å²) in [4.78, 5) is 102. The van der Waals surface area contributed by atoms with Gasteiger partial charge >= 0.3 is 11.9 Å². The number of hydrogen-bond donors (Lipinski definition) is 12. The minimum absolute atomic E-state index is 0.0316. The van der Waals surface area contributed by atoms with Crippen molar-refractivity contribution in [1.29, 1.82) is 0 Å². The lowest BCUT2D eigenvalue weighted by atomic mass is 9.96. The van der Waals surface area contributed by atoms with Crippen molar-refractivity contribution in [1.82, 2.24) is 36.6 Å². The van der Waals surface area contributed by atoms with Crippen LogP contribution in [0.2, 0.25) is 0 Å². The maximum absolute atomic E-state index is 14.0. The molecule has 0 saturated carbocycles. The number of phenolic OH excluding ortho intramolecular Hbond substituents is 1. The average molecular weight is 802 g/mol. The van der Waals surface area contributed by atoms with Gasteiger partial charge in [-0.05, 0) is 42.4 Å². The van der Waals surface area contributed by atoms with Gasteiger partial charge in [-0.3, -0.25) is 33.8 Å². The molecule has 15 N–H and O–H groups in total. The summed E-state index contributed by atoms with van der Waals surface area (Å²) >= 11 is 0. The molecular weight excluding hydrogens is 746 g/mol. The minimum atomic E-state index is -1.48. The van der Waals surface area contributed by atoms with E-state index in [2.05, 4.69) is 41.5 Å². The number of carboxylic acids is 2. The zero-order valence-corrected chi connectivity index (χ0v) is 32.4. The highest BCUT2D eigenvalue weighted by Crippen LogP contribution is 2.15. The Hall–Kier alpha value is -6.25. The molecule has 0 radical (unpaired) electrons. The Balaban J connectivity index is 2.38. The number of benzene rings is 1. The molecule has 314 valence electrons. The van der Waals surface area contributed by atoms with E-state index in [0.29, 0.717) is 17.7 Å². The highest BCUT2D eigenvalue weighted by Gasteiger charge is 2.35. The molecule has 0 aliphatic heterocycles. The predicted octanol–water partition coefficient (Wildman–Crippen LogP) is -2.03. The van der Waals surface area contributed by atoms with Gasteiger partial charge in [0.05, 0.1) is 18.8 Å². The van der Waals surface area contributed by atoms with Gasteiger partial charge in [0, 0.05) is 31.3 Å². The zero-order valence-electron chi connectivity index (χ0n) is 32.4. The number of aromatic amines is 1. The van der Waals surface area contributed by atoms with Crippen LogP contribution in [-0.4, -0.2) is 116 Å². The first-order valence-corrected chi connectivity index (χ1v) is 18.3. The lowest BCUT2D eigenvalue weighted by molar-refractivity contribution is -0.142. The van der Waals surface area contributed by atoms with Crippen LogP contribution in [0.4, 0.5) is 0 Å². The van der Waals surface area contributed by atoms with Gasteiger partial charge in [-0.15, -0.1) is 0 Å². The van der Waals surface area contributed by atoms with Crippen molar-refractivity contribution in [3.63, 3.8) is 0 Å². The lowest BCUT2D eigenvalue weighted by Crippen LogP contribution is -2.61. The van der Waals surface area contributed by atoms with Gasteiger partial charge in [0.1, 0.15) is 36.0 Å². The number of carboxylic acid groups (broad SMARTS) is 2. The van der Waals surface area contributed by atoms with Crippen LogP contribution < -0.4 is 43.8 Å². The number of aromatic nitrogens is 2. The Bertz CT molecular complexity index is 1700. The first-order chi connectivity index (χ1) is 26.8. The monoisotopic (exact) mass is 801 g/mol. The van der Waals surface area contributed by atoms with Crippen LogP contribution in [0.25, 0.3) is 0 Å². The molecule has 0 bridgehead atoms. The van der Waals surface area contributed by atoms with E-state index in [9.17, 15) is 43.8 Å². The highest BCUT2D eigenvalue weighted by atomic mass is 16.4. The molecule has 21 heteroatoms. The summed E-state index contributed by atoms with van der Waals surface area (Å²) in [6.45, 7) is 6.80. The van der Waals surface area contributed by atoms with Crippen LogP contribution in [0, 0.1) is 11.8 Å². The van der Waals surface area contributed by atoms with Gasteiger partial charge in [-0.1, -0.05) is 46.2 Å². The Morgan fingerprint density at radius 3 is 1.91 bits per heavy atom. The number of aromatic hydroxyl groups is 1. The molecule has 57 heavy (non-hydrogen) atoms. The number of guanidine groups is 1. The molecule has 0 fully saturated rings. The largest absolute Gasteiger partial charge is 0.508 e. The third-order valence-corrected chi connectivity index (χ3v) is 8.95. The second-order valence-corrected chi connectivity index (χ2v) is 13.9. The number of nitrogens with two attached hydrogens (primary N) is 3. The standard InChI is InChI=1S/C36H55N11O10/c1-5-19(4)29(34(55)45-26(35(56)57)14-21-16-40-17-42-21)47-32(53)25(13-20-8-10-22(48)11-9-20)44-33(54)28(18(2)3)46-31(52)24(7-6-12-41-36(38)39)43-30(51)23(37)15-27(49)50/h8-11,16-19,23-26,28-29,48H,5-7,12-15,37H2,1-4H3,(H,40,42)(H,43,51)(H,44,54)(H,45,55)(H,46,52)(H,47,53)(H,49,50)(H,56,57)(H4,38,39,41)/t19-,23-,24-,25-,26+,28-,29+/m1/s1. The van der Waals surface area contributed by atoms with Crippen LogP contribution >= 0.6 is 0 Å². The Labute approximate surface area is 329 Å². The first-order valence-electron chi connectivity index (χ1n) is 18.3. The van der Waals surface area contributed by atoms with Gasteiger partial charge in [-0.2, -0.15) is 0 Å². The average Bonchev–Trinajstić information content (AvgIpc) is 3.66. The number of rotatable bonds is 24. The molecule has 1 heterocycles. The van der Waals surface area contributed by atoms with Crippen LogP contribution in [-0.2, 0) is 46.4 Å². The molecule has 0 spiro atoms. The first kappa shape index (κ1) is 46.9. The zero-order chi connectivity index (χ0) is 42.8. The van der Waals surface area contributed by atoms with Crippen molar-refractivity contribution in [2.45, 2.75) is 102 Å². The number of aliphatic imine (C=N–C) groups is 1. The summed E-state index contributed by atoms with van der Waals surface area (Å²) < 4.78 is 0. The maximum atomic E-state index is 14.0. The minimum Gasteiger partial charge on any atom is -0.508 e. The van der Waals surface area contributed by atoms with Gasteiger partial charge in [0.15, 0.2) is 5.96 Å². The number of nitrogens with zero attached hydrogens (tertiary/aromatic N) is 2. The number of carbonyl (C=O) groups is 7. The number of hydrogen-bond acceptors (Lipinski definition) is 11.